The highest BCUT2D eigenvalue weighted by atomic mass is 19.3. The normalized spacial score (nSPS) is 25.2. The summed E-state index contributed by atoms with van der Waals surface area (Å²) in [6.45, 7) is 2.57. The van der Waals surface area contributed by atoms with Crippen LogP contribution in [0.4, 0.5) is 8.78 Å². The molecule has 0 bridgehead atoms. The van der Waals surface area contributed by atoms with Gasteiger partial charge in [-0.05, 0) is 13.0 Å². The molecule has 0 aromatic rings. The molecule has 0 aromatic carbocycles. The van der Waals surface area contributed by atoms with Crippen molar-refractivity contribution in [1.29, 1.82) is 0 Å². The topological polar surface area (TPSA) is 29.3 Å². The van der Waals surface area contributed by atoms with Crippen LogP contribution in [0.3, 0.4) is 0 Å². The van der Waals surface area contributed by atoms with Crippen LogP contribution in [0.5, 0.6) is 0 Å². The fraction of sp³-hybridized carbons (Fsp3) is 1.00. The van der Waals surface area contributed by atoms with Gasteiger partial charge in [-0.25, -0.2) is 8.78 Å². The molecule has 1 aliphatic rings. The second-order valence-electron chi connectivity index (χ2n) is 3.34. The molecule has 1 rings (SSSR count). The van der Waals surface area contributed by atoms with Gasteiger partial charge in [0.1, 0.15) is 0 Å². The summed E-state index contributed by atoms with van der Waals surface area (Å²) in [5, 5.41) is 0. The molecular formula is C8H16F2N2. The van der Waals surface area contributed by atoms with E-state index in [1.165, 1.54) is 0 Å². The Morgan fingerprint density at radius 2 is 2.00 bits per heavy atom. The van der Waals surface area contributed by atoms with Crippen molar-refractivity contribution < 1.29 is 8.78 Å². The maximum absolute atomic E-state index is 12.8. The molecule has 0 spiro atoms. The zero-order valence-electron chi connectivity index (χ0n) is 7.23. The minimum atomic E-state index is -2.44. The van der Waals surface area contributed by atoms with Crippen molar-refractivity contribution in [3.05, 3.63) is 0 Å². The van der Waals surface area contributed by atoms with Crippen LogP contribution in [-0.4, -0.2) is 37.0 Å². The smallest absolute Gasteiger partial charge is 0.249 e. The van der Waals surface area contributed by atoms with Gasteiger partial charge >= 0.3 is 0 Å². The lowest BCUT2D eigenvalue weighted by Gasteiger charge is -2.18. The summed E-state index contributed by atoms with van der Waals surface area (Å²) in [4.78, 5) is 2.01. The zero-order chi connectivity index (χ0) is 9.03. The summed E-state index contributed by atoms with van der Waals surface area (Å²) in [5.41, 5.74) is 5.35. The van der Waals surface area contributed by atoms with Gasteiger partial charge in [0.05, 0.1) is 0 Å². The second kappa shape index (κ2) is 4.14. The molecule has 0 radical (unpaired) electrons. The van der Waals surface area contributed by atoms with Crippen molar-refractivity contribution in [2.75, 3.05) is 26.2 Å². The summed E-state index contributed by atoms with van der Waals surface area (Å²) in [7, 11) is 0. The third-order valence-electron chi connectivity index (χ3n) is 2.26. The molecule has 1 fully saturated rings. The van der Waals surface area contributed by atoms with Crippen molar-refractivity contribution in [1.82, 2.24) is 4.90 Å². The lowest BCUT2D eigenvalue weighted by Crippen LogP contribution is -2.31. The molecule has 2 N–H and O–H groups in total. The number of likely N-dealkylation sites (tertiary alicyclic amines) is 1. The number of alkyl halides is 2. The average Bonchev–Trinajstić information content (AvgIpc) is 2.14. The van der Waals surface area contributed by atoms with Crippen molar-refractivity contribution in [2.24, 2.45) is 5.73 Å². The number of nitrogens with zero attached hydrogens (tertiary/aromatic N) is 1. The van der Waals surface area contributed by atoms with E-state index in [0.717, 1.165) is 13.1 Å². The van der Waals surface area contributed by atoms with Gasteiger partial charge in [0.2, 0.25) is 5.92 Å². The molecule has 0 unspecified atom stereocenters. The Labute approximate surface area is 71.7 Å². The van der Waals surface area contributed by atoms with Crippen LogP contribution < -0.4 is 5.73 Å². The summed E-state index contributed by atoms with van der Waals surface area (Å²) in [6.07, 6.45) is 0.619. The first kappa shape index (κ1) is 9.86. The van der Waals surface area contributed by atoms with Gasteiger partial charge in [0, 0.05) is 32.5 Å². The van der Waals surface area contributed by atoms with Crippen molar-refractivity contribution in [3.63, 3.8) is 0 Å². The van der Waals surface area contributed by atoms with Crippen LogP contribution >= 0.6 is 0 Å². The van der Waals surface area contributed by atoms with Crippen molar-refractivity contribution in [3.8, 4) is 0 Å². The SMILES string of the molecule is NCCN1CCCC(F)(F)CC1. The minimum absolute atomic E-state index is 0.00694. The van der Waals surface area contributed by atoms with Gasteiger partial charge in [-0.1, -0.05) is 0 Å². The van der Waals surface area contributed by atoms with Crippen LogP contribution in [0.2, 0.25) is 0 Å². The van der Waals surface area contributed by atoms with E-state index in [2.05, 4.69) is 0 Å². The predicted octanol–water partition coefficient (Wildman–Crippen LogP) is 1.07. The van der Waals surface area contributed by atoms with Gasteiger partial charge in [-0.2, -0.15) is 0 Å². The van der Waals surface area contributed by atoms with Crippen LogP contribution in [0.1, 0.15) is 19.3 Å². The summed E-state index contributed by atoms with van der Waals surface area (Å²) in [6, 6.07) is 0. The monoisotopic (exact) mass is 178 g/mol. The fourth-order valence-electron chi connectivity index (χ4n) is 1.53. The quantitative estimate of drug-likeness (QED) is 0.685. The number of hydrogen-bond acceptors (Lipinski definition) is 2. The fourth-order valence-corrected chi connectivity index (χ4v) is 1.53. The molecular weight excluding hydrogens is 162 g/mol. The summed E-state index contributed by atoms with van der Waals surface area (Å²) >= 11 is 0. The molecule has 1 aliphatic heterocycles. The highest BCUT2D eigenvalue weighted by Crippen LogP contribution is 2.27. The molecule has 72 valence electrons. The standard InChI is InChI=1S/C8H16F2N2/c9-8(10)2-1-5-12(6-3-8)7-4-11/h1-7,11H2. The van der Waals surface area contributed by atoms with E-state index in [9.17, 15) is 8.78 Å². The maximum Gasteiger partial charge on any atom is 0.249 e. The molecule has 0 aliphatic carbocycles. The summed E-state index contributed by atoms with van der Waals surface area (Å²) in [5.74, 6) is -2.44. The van der Waals surface area contributed by atoms with E-state index in [1.807, 2.05) is 4.90 Å². The van der Waals surface area contributed by atoms with E-state index in [4.69, 9.17) is 5.73 Å². The van der Waals surface area contributed by atoms with Gasteiger partial charge in [-0.3, -0.25) is 0 Å². The third kappa shape index (κ3) is 3.03. The van der Waals surface area contributed by atoms with Crippen LogP contribution in [0.15, 0.2) is 0 Å². The Morgan fingerprint density at radius 3 is 2.67 bits per heavy atom. The molecule has 12 heavy (non-hydrogen) atoms. The lowest BCUT2D eigenvalue weighted by atomic mass is 10.1. The van der Waals surface area contributed by atoms with Crippen molar-refractivity contribution in [2.45, 2.75) is 25.2 Å². The van der Waals surface area contributed by atoms with E-state index < -0.39 is 5.92 Å². The molecule has 0 amide bonds. The van der Waals surface area contributed by atoms with Gasteiger partial charge in [0.25, 0.3) is 0 Å². The molecule has 4 heteroatoms. The number of rotatable bonds is 2. The third-order valence-corrected chi connectivity index (χ3v) is 2.26. The first-order chi connectivity index (χ1) is 5.64. The van der Waals surface area contributed by atoms with E-state index in [1.54, 1.807) is 0 Å². The second-order valence-corrected chi connectivity index (χ2v) is 3.34. The lowest BCUT2D eigenvalue weighted by molar-refractivity contribution is -0.0129. The Bertz CT molecular complexity index is 139. The Kier molecular flexibility index (Phi) is 3.40. The Hall–Kier alpha value is -0.220. The molecule has 2 nitrogen and oxygen atoms in total. The highest BCUT2D eigenvalue weighted by Gasteiger charge is 2.31. The highest BCUT2D eigenvalue weighted by molar-refractivity contribution is 4.74. The number of hydrogen-bond donors (Lipinski definition) is 1. The maximum atomic E-state index is 12.8. The van der Waals surface area contributed by atoms with Crippen LogP contribution in [-0.2, 0) is 0 Å². The van der Waals surface area contributed by atoms with E-state index in [0.29, 0.717) is 19.5 Å². The average molecular weight is 178 g/mol. The molecule has 0 aromatic heterocycles. The Morgan fingerprint density at radius 1 is 1.25 bits per heavy atom. The van der Waals surface area contributed by atoms with E-state index >= 15 is 0 Å². The van der Waals surface area contributed by atoms with Crippen molar-refractivity contribution >= 4 is 0 Å². The first-order valence-corrected chi connectivity index (χ1v) is 4.44. The summed E-state index contributed by atoms with van der Waals surface area (Å²) < 4.78 is 25.6. The first-order valence-electron chi connectivity index (χ1n) is 4.44. The molecule has 1 heterocycles. The Balaban J connectivity index is 2.34. The predicted molar refractivity (Wildman–Crippen MR) is 44.3 cm³/mol. The largest absolute Gasteiger partial charge is 0.329 e. The molecule has 0 saturated carbocycles. The number of halogens is 2. The molecule has 0 atom stereocenters. The molecule has 1 saturated heterocycles. The van der Waals surface area contributed by atoms with Gasteiger partial charge in [-0.15, -0.1) is 0 Å². The van der Waals surface area contributed by atoms with Gasteiger partial charge in [0.15, 0.2) is 0 Å². The van der Waals surface area contributed by atoms with Gasteiger partial charge < -0.3 is 10.6 Å². The zero-order valence-corrected chi connectivity index (χ0v) is 7.23. The number of nitrogens with two attached hydrogens (primary N) is 1. The van der Waals surface area contributed by atoms with Crippen LogP contribution in [0, 0.1) is 0 Å². The minimum Gasteiger partial charge on any atom is -0.329 e. The van der Waals surface area contributed by atoms with E-state index in [-0.39, 0.29) is 12.8 Å². The van der Waals surface area contributed by atoms with Crippen LogP contribution in [0.25, 0.3) is 0 Å².